The van der Waals surface area contributed by atoms with Crippen LogP contribution in [0.4, 0.5) is 0 Å². The zero-order valence-corrected chi connectivity index (χ0v) is 54.8. The van der Waals surface area contributed by atoms with Gasteiger partial charge in [-0.15, -0.1) is 0 Å². The Morgan fingerprint density at radius 2 is 1.13 bits per heavy atom. The molecule has 4 aliphatic carbocycles. The highest BCUT2D eigenvalue weighted by Crippen LogP contribution is 2.64. The van der Waals surface area contributed by atoms with Crippen molar-refractivity contribution in [1.82, 2.24) is 0 Å². The standard InChI is InChI=1S/C61H100O33S/c1-21(2)14-25(64)17-61(7,78)31-11-8-27-28(31)9-10-30-29(27)16-34(32-15-26(94-95(79,80)81)12-13-60(30,32)6)86-57-48(77)51(38(67)23(4)84-57)91-58-52(93-55-44(73)41(70)37(66)22(3)83-55)46(75)49(24(5)85-58)89-59-53(92-54-43(72)39(68)33(65)20-82-54)47(76)50(36(19-63)88-59)90-56-45(74)42(71)40(69)35(18-62)87-56/h10,21-24,26-29,31-59,62-63,65-78H,8-9,11-20H2,1-7H3,(H,79,80,81)/t22?,23?,24?,26-,27?,28?,29?,31-,32?,33?,34-,35?,36?,37?,38?,39?,40?,41?,42?,43?,44?,45?,46?,47?,48?,49?,50?,51?,52?,53?,54?,55?,56?,57?,58?,59?,60+,61-/m0/s1. The van der Waals surface area contributed by atoms with Gasteiger partial charge in [-0.3, -0.25) is 9.35 Å². The molecule has 33 unspecified atom stereocenters. The molecule has 0 amide bonds. The number of fused-ring (bicyclic) bond motifs is 5. The Hall–Kier alpha value is -1.84. The van der Waals surface area contributed by atoms with E-state index in [4.69, 9.17) is 61.0 Å². The molecule has 3 saturated carbocycles. The van der Waals surface area contributed by atoms with Crippen molar-refractivity contribution < 1.29 is 160 Å². The molecule has 9 fully saturated rings. The zero-order valence-electron chi connectivity index (χ0n) is 54.0. The molecule has 548 valence electrons. The first-order chi connectivity index (χ1) is 44.6. The number of rotatable bonds is 21. The summed E-state index contributed by atoms with van der Waals surface area (Å²) in [6.07, 6.45) is -49.2. The highest BCUT2D eigenvalue weighted by Gasteiger charge is 2.62. The van der Waals surface area contributed by atoms with Gasteiger partial charge in [0.25, 0.3) is 0 Å². The van der Waals surface area contributed by atoms with Gasteiger partial charge in [0.1, 0.15) is 128 Å². The molecule has 95 heavy (non-hydrogen) atoms. The fourth-order valence-corrected chi connectivity index (χ4v) is 17.3. The first-order valence-electron chi connectivity index (χ1n) is 33.1. The summed E-state index contributed by atoms with van der Waals surface area (Å²) in [4.78, 5) is 13.2. The van der Waals surface area contributed by atoms with Crippen LogP contribution in [0.25, 0.3) is 0 Å². The Kier molecular flexibility index (Phi) is 24.1. The van der Waals surface area contributed by atoms with Crippen LogP contribution in [0, 0.1) is 40.9 Å². The lowest BCUT2D eigenvalue weighted by molar-refractivity contribution is -0.411. The quantitative estimate of drug-likeness (QED) is 0.0377. The average molecular weight is 1390 g/mol. The fraction of sp³-hybridized carbons (Fsp3) is 0.951. The van der Waals surface area contributed by atoms with E-state index in [0.29, 0.717) is 38.5 Å². The molecule has 6 saturated heterocycles. The maximum Gasteiger partial charge on any atom is 0.397 e. The lowest BCUT2D eigenvalue weighted by Crippen LogP contribution is -2.69. The Morgan fingerprint density at radius 1 is 0.589 bits per heavy atom. The molecule has 10 rings (SSSR count). The minimum atomic E-state index is -4.91. The zero-order chi connectivity index (χ0) is 69.4. The Balaban J connectivity index is 0.928. The summed E-state index contributed by atoms with van der Waals surface area (Å²) >= 11 is 0. The van der Waals surface area contributed by atoms with Crippen LogP contribution >= 0.6 is 0 Å². The molecule has 17 N–H and O–H groups in total. The van der Waals surface area contributed by atoms with Crippen molar-refractivity contribution in [3.05, 3.63) is 11.6 Å². The monoisotopic (exact) mass is 1390 g/mol. The maximum absolute atomic E-state index is 13.2. The van der Waals surface area contributed by atoms with E-state index in [9.17, 15) is 99.5 Å². The van der Waals surface area contributed by atoms with Crippen LogP contribution in [0.15, 0.2) is 11.6 Å². The van der Waals surface area contributed by atoms with E-state index in [2.05, 4.69) is 13.0 Å². The molecule has 0 aromatic carbocycles. The van der Waals surface area contributed by atoms with Gasteiger partial charge in [0.05, 0.1) is 55.9 Å². The predicted molar refractivity (Wildman–Crippen MR) is 314 cm³/mol. The van der Waals surface area contributed by atoms with Gasteiger partial charge in [-0.2, -0.15) is 8.42 Å². The Bertz CT molecular complexity index is 2700. The normalized spacial score (nSPS) is 51.2. The van der Waals surface area contributed by atoms with E-state index in [1.807, 2.05) is 13.8 Å². The van der Waals surface area contributed by atoms with Gasteiger partial charge in [0, 0.05) is 12.8 Å². The number of hydrogen-bond donors (Lipinski definition) is 17. The van der Waals surface area contributed by atoms with Crippen molar-refractivity contribution in [2.24, 2.45) is 40.9 Å². The van der Waals surface area contributed by atoms with Crippen LogP contribution in [0.3, 0.4) is 0 Å². The fourth-order valence-electron chi connectivity index (χ4n) is 16.7. The van der Waals surface area contributed by atoms with E-state index in [-0.39, 0.29) is 54.6 Å². The topological polar surface area (TPSA) is 515 Å². The van der Waals surface area contributed by atoms with Gasteiger partial charge in [-0.25, -0.2) is 4.18 Å². The summed E-state index contributed by atoms with van der Waals surface area (Å²) in [5.41, 5.74) is -0.834. The van der Waals surface area contributed by atoms with Gasteiger partial charge in [0.2, 0.25) is 0 Å². The summed E-state index contributed by atoms with van der Waals surface area (Å²) in [6, 6.07) is 0. The molecular formula is C61H100O33S. The number of aliphatic hydroxyl groups excluding tert-OH is 15. The van der Waals surface area contributed by atoms with Crippen LogP contribution in [-0.4, -0.2) is 316 Å². The third-order valence-electron chi connectivity index (χ3n) is 21.8. The van der Waals surface area contributed by atoms with Crippen molar-refractivity contribution in [1.29, 1.82) is 0 Å². The smallest absolute Gasteiger partial charge is 0.394 e. The molecule has 0 aromatic rings. The minimum Gasteiger partial charge on any atom is -0.394 e. The molecule has 10 aliphatic rings. The molecule has 34 heteroatoms. The molecule has 0 aromatic heterocycles. The van der Waals surface area contributed by atoms with E-state index in [1.165, 1.54) is 20.8 Å². The highest BCUT2D eigenvalue weighted by molar-refractivity contribution is 7.80. The lowest BCUT2D eigenvalue weighted by atomic mass is 9.49. The van der Waals surface area contributed by atoms with Gasteiger partial charge < -0.3 is 139 Å². The molecule has 38 atom stereocenters. The van der Waals surface area contributed by atoms with Crippen LogP contribution < -0.4 is 0 Å². The third-order valence-corrected chi connectivity index (χ3v) is 22.3. The molecule has 6 heterocycles. The number of hydrogen-bond acceptors (Lipinski definition) is 32. The first-order valence-corrected chi connectivity index (χ1v) is 34.4. The number of carbonyl (C=O) groups is 1. The Labute approximate surface area is 549 Å². The molecular weight excluding hydrogens is 1290 g/mol. The second kappa shape index (κ2) is 30.2. The molecule has 33 nitrogen and oxygen atoms in total. The molecule has 0 radical (unpaired) electrons. The summed E-state index contributed by atoms with van der Waals surface area (Å²) in [5.74, 6) is -0.838. The van der Waals surface area contributed by atoms with Crippen LogP contribution in [0.2, 0.25) is 0 Å². The Morgan fingerprint density at radius 3 is 1.77 bits per heavy atom. The number of allylic oxidation sites excluding steroid dienone is 2. The van der Waals surface area contributed by atoms with E-state index >= 15 is 0 Å². The second-order valence-electron chi connectivity index (χ2n) is 28.8. The van der Waals surface area contributed by atoms with E-state index in [1.54, 1.807) is 6.92 Å². The lowest BCUT2D eigenvalue weighted by Gasteiger charge is -2.58. The van der Waals surface area contributed by atoms with Crippen molar-refractivity contribution in [3.8, 4) is 0 Å². The summed E-state index contributed by atoms with van der Waals surface area (Å²) in [7, 11) is -4.91. The van der Waals surface area contributed by atoms with Crippen molar-refractivity contribution >= 4 is 16.2 Å². The molecule has 0 bridgehead atoms. The van der Waals surface area contributed by atoms with E-state index < -0.39 is 237 Å². The predicted octanol–water partition coefficient (Wildman–Crippen LogP) is -5.24. The summed E-state index contributed by atoms with van der Waals surface area (Å²) in [6.45, 7) is 9.29. The number of aliphatic hydroxyl groups is 16. The van der Waals surface area contributed by atoms with Gasteiger partial charge in [0.15, 0.2) is 37.7 Å². The third kappa shape index (κ3) is 15.6. The average Bonchev–Trinajstić information content (AvgIpc) is 1.71. The van der Waals surface area contributed by atoms with Crippen LogP contribution in [-0.2, 0) is 76.2 Å². The van der Waals surface area contributed by atoms with Gasteiger partial charge >= 0.3 is 10.4 Å². The summed E-state index contributed by atoms with van der Waals surface area (Å²) < 4.78 is 113. The van der Waals surface area contributed by atoms with Crippen LogP contribution in [0.1, 0.15) is 106 Å². The van der Waals surface area contributed by atoms with Crippen molar-refractivity contribution in [3.63, 3.8) is 0 Å². The van der Waals surface area contributed by atoms with Crippen molar-refractivity contribution in [2.45, 2.75) is 302 Å². The van der Waals surface area contributed by atoms with Crippen LogP contribution in [0.5, 0.6) is 0 Å². The SMILES string of the molecule is CC(C)CC(=O)C[C@](C)(O)[C@H]1CCC2C3C[C@H](OC4OC(C)C(O)C(OC5OC(C)C(OC6OC(CO)C(OC7OC(CO)C(O)C(O)C7O)C(O)C6OC6OCC(O)C(O)C6O)C(O)C5OC5OC(C)C(O)C(O)C5O)C4O)C4C[C@@H](OS(=O)(=O)O)CC[C@]4(C)C3=CCC21. The summed E-state index contributed by atoms with van der Waals surface area (Å²) in [5, 5.41) is 179. The van der Waals surface area contributed by atoms with Crippen molar-refractivity contribution in [2.75, 3.05) is 19.8 Å². The van der Waals surface area contributed by atoms with Gasteiger partial charge in [-0.1, -0.05) is 32.4 Å². The minimum absolute atomic E-state index is 0.00268. The second-order valence-corrected chi connectivity index (χ2v) is 29.8. The largest absolute Gasteiger partial charge is 0.397 e. The number of ketones is 1. The van der Waals surface area contributed by atoms with Gasteiger partial charge in [-0.05, 0) is 114 Å². The first kappa shape index (κ1) is 75.8. The highest BCUT2D eigenvalue weighted by atomic mass is 32.3. The number of Topliss-reactive ketones (excluding diaryl/α,β-unsaturated/α-hetero) is 1. The molecule has 0 spiro atoms. The number of carbonyl (C=O) groups excluding carboxylic acids is 1. The number of ether oxygens (including phenoxy) is 12. The molecule has 6 aliphatic heterocycles. The maximum atomic E-state index is 13.2. The van der Waals surface area contributed by atoms with E-state index in [0.717, 1.165) is 5.57 Å².